The van der Waals surface area contributed by atoms with Crippen LogP contribution in [0, 0.1) is 17.7 Å². The molecular formula is C16H22FNO. The number of halogens is 1. The SMILES string of the molecule is CCCC(C)N(C)Cc1cc(F)cc(C#CCO)c1. The molecule has 3 heteroatoms. The lowest BCUT2D eigenvalue weighted by Gasteiger charge is -2.24. The van der Waals surface area contributed by atoms with Gasteiger partial charge in [0, 0.05) is 18.2 Å². The van der Waals surface area contributed by atoms with Gasteiger partial charge < -0.3 is 5.11 Å². The molecule has 0 fully saturated rings. The van der Waals surface area contributed by atoms with Crippen LogP contribution in [-0.2, 0) is 6.54 Å². The zero-order chi connectivity index (χ0) is 14.3. The van der Waals surface area contributed by atoms with Gasteiger partial charge in [0.25, 0.3) is 0 Å². The van der Waals surface area contributed by atoms with Gasteiger partial charge in [-0.25, -0.2) is 4.39 Å². The Morgan fingerprint density at radius 3 is 2.74 bits per heavy atom. The largest absolute Gasteiger partial charge is 0.384 e. The second-order valence-corrected chi connectivity index (χ2v) is 4.86. The number of benzene rings is 1. The zero-order valence-electron chi connectivity index (χ0n) is 11.9. The van der Waals surface area contributed by atoms with Crippen LogP contribution in [0.2, 0.25) is 0 Å². The van der Waals surface area contributed by atoms with E-state index in [1.165, 1.54) is 6.07 Å². The summed E-state index contributed by atoms with van der Waals surface area (Å²) in [5, 5.41) is 8.67. The molecule has 0 amide bonds. The van der Waals surface area contributed by atoms with Crippen molar-refractivity contribution in [3.8, 4) is 11.8 Å². The first kappa shape index (κ1) is 15.7. The third-order valence-electron chi connectivity index (χ3n) is 3.16. The molecule has 0 radical (unpaired) electrons. The summed E-state index contributed by atoms with van der Waals surface area (Å²) in [5.74, 6) is 5.00. The van der Waals surface area contributed by atoms with E-state index < -0.39 is 0 Å². The Labute approximate surface area is 115 Å². The molecule has 0 saturated carbocycles. The van der Waals surface area contributed by atoms with E-state index in [4.69, 9.17) is 5.11 Å². The summed E-state index contributed by atoms with van der Waals surface area (Å²) < 4.78 is 13.5. The van der Waals surface area contributed by atoms with Gasteiger partial charge in [0.2, 0.25) is 0 Å². The second-order valence-electron chi connectivity index (χ2n) is 4.86. The topological polar surface area (TPSA) is 23.5 Å². The highest BCUT2D eigenvalue weighted by Crippen LogP contribution is 2.13. The minimum atomic E-state index is -0.281. The third kappa shape index (κ3) is 5.42. The molecule has 1 N–H and O–H groups in total. The summed E-state index contributed by atoms with van der Waals surface area (Å²) in [6, 6.07) is 5.28. The molecule has 0 aliphatic carbocycles. The summed E-state index contributed by atoms with van der Waals surface area (Å²) in [5.41, 5.74) is 1.52. The summed E-state index contributed by atoms with van der Waals surface area (Å²) in [4.78, 5) is 2.21. The van der Waals surface area contributed by atoms with Crippen LogP contribution in [0.1, 0.15) is 37.8 Å². The fraction of sp³-hybridized carbons (Fsp3) is 0.500. The van der Waals surface area contributed by atoms with Gasteiger partial charge in [-0.2, -0.15) is 0 Å². The first-order chi connectivity index (χ1) is 9.06. The number of nitrogens with zero attached hydrogens (tertiary/aromatic N) is 1. The van der Waals surface area contributed by atoms with Crippen molar-refractivity contribution in [2.75, 3.05) is 13.7 Å². The van der Waals surface area contributed by atoms with Crippen LogP contribution in [0.15, 0.2) is 18.2 Å². The minimum Gasteiger partial charge on any atom is -0.384 e. The number of hydrogen-bond donors (Lipinski definition) is 1. The highest BCUT2D eigenvalue weighted by atomic mass is 19.1. The number of aliphatic hydroxyl groups is 1. The van der Waals surface area contributed by atoms with Crippen LogP contribution in [0.5, 0.6) is 0 Å². The van der Waals surface area contributed by atoms with Gasteiger partial charge in [-0.3, -0.25) is 4.90 Å². The van der Waals surface area contributed by atoms with Crippen LogP contribution in [-0.4, -0.2) is 29.7 Å². The quantitative estimate of drug-likeness (QED) is 0.826. The summed E-state index contributed by atoms with van der Waals surface area (Å²) in [6.45, 7) is 4.83. The lowest BCUT2D eigenvalue weighted by Crippen LogP contribution is -2.28. The standard InChI is InChI=1S/C16H22FNO/c1-4-6-13(2)18(3)12-15-9-14(7-5-8-19)10-16(17)11-15/h9-11,13,19H,4,6,8,12H2,1-3H3. The lowest BCUT2D eigenvalue weighted by molar-refractivity contribution is 0.236. The Bertz CT molecular complexity index is 462. The molecule has 19 heavy (non-hydrogen) atoms. The van der Waals surface area contributed by atoms with E-state index in [1.54, 1.807) is 6.07 Å². The van der Waals surface area contributed by atoms with E-state index in [-0.39, 0.29) is 12.4 Å². The van der Waals surface area contributed by atoms with E-state index >= 15 is 0 Å². The highest BCUT2D eigenvalue weighted by Gasteiger charge is 2.09. The molecule has 0 aliphatic rings. The molecule has 1 aromatic carbocycles. The van der Waals surface area contributed by atoms with Crippen molar-refractivity contribution in [3.63, 3.8) is 0 Å². The molecule has 1 unspecified atom stereocenters. The van der Waals surface area contributed by atoms with Gasteiger partial charge >= 0.3 is 0 Å². The number of rotatable bonds is 5. The smallest absolute Gasteiger partial charge is 0.124 e. The van der Waals surface area contributed by atoms with Gasteiger partial charge in [0.1, 0.15) is 12.4 Å². The Morgan fingerprint density at radius 2 is 2.11 bits per heavy atom. The Morgan fingerprint density at radius 1 is 1.37 bits per heavy atom. The van der Waals surface area contributed by atoms with Crippen molar-refractivity contribution >= 4 is 0 Å². The predicted octanol–water partition coefficient (Wildman–Crippen LogP) is 2.79. The first-order valence-corrected chi connectivity index (χ1v) is 6.66. The molecule has 0 aromatic heterocycles. The molecular weight excluding hydrogens is 241 g/mol. The third-order valence-corrected chi connectivity index (χ3v) is 3.16. The predicted molar refractivity (Wildman–Crippen MR) is 76.2 cm³/mol. The first-order valence-electron chi connectivity index (χ1n) is 6.66. The zero-order valence-corrected chi connectivity index (χ0v) is 11.9. The molecule has 0 aliphatic heterocycles. The molecule has 1 aromatic rings. The van der Waals surface area contributed by atoms with Gasteiger partial charge in [-0.1, -0.05) is 25.2 Å². The maximum atomic E-state index is 13.5. The number of aliphatic hydroxyl groups excluding tert-OH is 1. The van der Waals surface area contributed by atoms with Crippen molar-refractivity contribution in [2.24, 2.45) is 0 Å². The molecule has 1 atom stereocenters. The van der Waals surface area contributed by atoms with Crippen LogP contribution < -0.4 is 0 Å². The fourth-order valence-corrected chi connectivity index (χ4v) is 2.04. The number of hydrogen-bond acceptors (Lipinski definition) is 2. The molecule has 0 saturated heterocycles. The summed E-state index contributed by atoms with van der Waals surface area (Å²) >= 11 is 0. The second kappa shape index (κ2) is 7.93. The summed E-state index contributed by atoms with van der Waals surface area (Å²) in [7, 11) is 2.05. The van der Waals surface area contributed by atoms with Crippen LogP contribution >= 0.6 is 0 Å². The van der Waals surface area contributed by atoms with Crippen molar-refractivity contribution in [1.29, 1.82) is 0 Å². The van der Waals surface area contributed by atoms with Gasteiger partial charge in [0.05, 0.1) is 0 Å². The highest BCUT2D eigenvalue weighted by molar-refractivity contribution is 5.37. The minimum absolute atomic E-state index is 0.209. The van der Waals surface area contributed by atoms with Crippen molar-refractivity contribution in [1.82, 2.24) is 4.90 Å². The van der Waals surface area contributed by atoms with E-state index in [2.05, 4.69) is 30.6 Å². The van der Waals surface area contributed by atoms with Gasteiger partial charge in [-0.15, -0.1) is 0 Å². The van der Waals surface area contributed by atoms with Crippen molar-refractivity contribution < 1.29 is 9.50 Å². The van der Waals surface area contributed by atoms with Crippen LogP contribution in [0.25, 0.3) is 0 Å². The van der Waals surface area contributed by atoms with Crippen molar-refractivity contribution in [3.05, 3.63) is 35.1 Å². The fourth-order valence-electron chi connectivity index (χ4n) is 2.04. The van der Waals surface area contributed by atoms with E-state index in [0.29, 0.717) is 18.2 Å². The molecule has 1 rings (SSSR count). The average Bonchev–Trinajstić information content (AvgIpc) is 2.36. The monoisotopic (exact) mass is 263 g/mol. The molecule has 0 spiro atoms. The normalized spacial score (nSPS) is 12.1. The molecule has 104 valence electrons. The van der Waals surface area contributed by atoms with E-state index in [9.17, 15) is 4.39 Å². The van der Waals surface area contributed by atoms with E-state index in [1.807, 2.05) is 13.1 Å². The van der Waals surface area contributed by atoms with Gasteiger partial charge in [-0.05, 0) is 44.2 Å². The average molecular weight is 263 g/mol. The molecule has 2 nitrogen and oxygen atoms in total. The maximum Gasteiger partial charge on any atom is 0.124 e. The molecule has 0 heterocycles. The van der Waals surface area contributed by atoms with Crippen LogP contribution in [0.4, 0.5) is 4.39 Å². The Kier molecular flexibility index (Phi) is 6.55. The van der Waals surface area contributed by atoms with Crippen molar-refractivity contribution in [2.45, 2.75) is 39.3 Å². The van der Waals surface area contributed by atoms with E-state index in [0.717, 1.165) is 18.4 Å². The van der Waals surface area contributed by atoms with Crippen LogP contribution in [0.3, 0.4) is 0 Å². The molecule has 0 bridgehead atoms. The summed E-state index contributed by atoms with van der Waals surface area (Å²) in [6.07, 6.45) is 2.27. The maximum absolute atomic E-state index is 13.5. The Hall–Kier alpha value is -1.37. The van der Waals surface area contributed by atoms with Gasteiger partial charge in [0.15, 0.2) is 0 Å². The Balaban J connectivity index is 2.80. The lowest BCUT2D eigenvalue weighted by atomic mass is 10.1.